The molecule has 13 heavy (non-hydrogen) atoms. The number of nitriles is 1. The van der Waals surface area contributed by atoms with Crippen molar-refractivity contribution in [1.82, 2.24) is 10.4 Å². The summed E-state index contributed by atoms with van der Waals surface area (Å²) in [7, 11) is 0. The van der Waals surface area contributed by atoms with Crippen molar-refractivity contribution in [3.63, 3.8) is 0 Å². The van der Waals surface area contributed by atoms with Crippen molar-refractivity contribution in [3.8, 4) is 17.3 Å². The van der Waals surface area contributed by atoms with Crippen LogP contribution in [0, 0.1) is 11.3 Å². The van der Waals surface area contributed by atoms with E-state index in [9.17, 15) is 0 Å². The van der Waals surface area contributed by atoms with Gasteiger partial charge in [-0.1, -0.05) is 18.2 Å². The SMILES string of the molecule is N#Cc1ccccc1-c1conn1. The Morgan fingerprint density at radius 1 is 1.31 bits per heavy atom. The molecule has 0 N–H and O–H groups in total. The fourth-order valence-electron chi connectivity index (χ4n) is 1.09. The zero-order valence-corrected chi connectivity index (χ0v) is 6.64. The van der Waals surface area contributed by atoms with Crippen molar-refractivity contribution in [2.75, 3.05) is 0 Å². The number of rotatable bonds is 1. The highest BCUT2D eigenvalue weighted by molar-refractivity contribution is 5.65. The third kappa shape index (κ3) is 1.27. The quantitative estimate of drug-likeness (QED) is 0.653. The Labute approximate surface area is 74.4 Å². The molecule has 0 aliphatic heterocycles. The molecule has 4 nitrogen and oxygen atoms in total. The van der Waals surface area contributed by atoms with Gasteiger partial charge in [0.25, 0.3) is 0 Å². The molecule has 0 unspecified atom stereocenters. The van der Waals surface area contributed by atoms with E-state index in [2.05, 4.69) is 21.0 Å². The Morgan fingerprint density at radius 3 is 2.85 bits per heavy atom. The highest BCUT2D eigenvalue weighted by atomic mass is 16.5. The first-order chi connectivity index (χ1) is 6.42. The monoisotopic (exact) mass is 171 g/mol. The lowest BCUT2D eigenvalue weighted by Crippen LogP contribution is -1.83. The summed E-state index contributed by atoms with van der Waals surface area (Å²) in [6.07, 6.45) is 1.41. The van der Waals surface area contributed by atoms with Gasteiger partial charge in [0, 0.05) is 10.8 Å². The summed E-state index contributed by atoms with van der Waals surface area (Å²) in [5.41, 5.74) is 1.89. The molecule has 1 aromatic carbocycles. The normalized spacial score (nSPS) is 9.46. The molecule has 0 aliphatic rings. The molecule has 4 heteroatoms. The van der Waals surface area contributed by atoms with Crippen LogP contribution in [-0.2, 0) is 0 Å². The van der Waals surface area contributed by atoms with Crippen LogP contribution >= 0.6 is 0 Å². The molecule has 0 radical (unpaired) electrons. The Bertz CT molecular complexity index is 442. The van der Waals surface area contributed by atoms with E-state index in [1.54, 1.807) is 18.2 Å². The topological polar surface area (TPSA) is 62.7 Å². The van der Waals surface area contributed by atoms with Gasteiger partial charge in [0.15, 0.2) is 6.26 Å². The zero-order valence-electron chi connectivity index (χ0n) is 6.64. The summed E-state index contributed by atoms with van der Waals surface area (Å²) >= 11 is 0. The minimum atomic E-state index is 0.568. The third-order valence-corrected chi connectivity index (χ3v) is 1.68. The average molecular weight is 171 g/mol. The van der Waals surface area contributed by atoms with E-state index in [-0.39, 0.29) is 0 Å². The molecule has 1 heterocycles. The van der Waals surface area contributed by atoms with Crippen LogP contribution in [0.25, 0.3) is 11.3 Å². The second-order valence-electron chi connectivity index (χ2n) is 2.45. The van der Waals surface area contributed by atoms with Gasteiger partial charge in [0.1, 0.15) is 5.69 Å². The molecule has 0 fully saturated rings. The number of nitrogens with zero attached hydrogens (tertiary/aromatic N) is 3. The molecule has 2 aromatic rings. The van der Waals surface area contributed by atoms with Gasteiger partial charge < -0.3 is 4.52 Å². The summed E-state index contributed by atoms with van der Waals surface area (Å²) in [6.45, 7) is 0. The molecule has 2 rings (SSSR count). The van der Waals surface area contributed by atoms with Gasteiger partial charge in [0.05, 0.1) is 11.6 Å². The first kappa shape index (κ1) is 7.50. The van der Waals surface area contributed by atoms with Gasteiger partial charge in [-0.15, -0.1) is 5.10 Å². The van der Waals surface area contributed by atoms with Crippen LogP contribution in [0.4, 0.5) is 0 Å². The largest absolute Gasteiger partial charge is 0.345 e. The van der Waals surface area contributed by atoms with Gasteiger partial charge >= 0.3 is 0 Å². The molecule has 0 bridgehead atoms. The molecule has 0 aliphatic carbocycles. The van der Waals surface area contributed by atoms with Crippen LogP contribution < -0.4 is 0 Å². The molecule has 0 spiro atoms. The second-order valence-corrected chi connectivity index (χ2v) is 2.45. The van der Waals surface area contributed by atoms with E-state index in [1.165, 1.54) is 6.26 Å². The molecule has 1 aromatic heterocycles. The van der Waals surface area contributed by atoms with Gasteiger partial charge in [-0.3, -0.25) is 0 Å². The second kappa shape index (κ2) is 3.07. The first-order valence-electron chi connectivity index (χ1n) is 3.68. The van der Waals surface area contributed by atoms with E-state index in [0.717, 1.165) is 5.56 Å². The van der Waals surface area contributed by atoms with Gasteiger partial charge in [-0.25, -0.2) is 0 Å². The smallest absolute Gasteiger partial charge is 0.152 e. The summed E-state index contributed by atoms with van der Waals surface area (Å²) in [5.74, 6) is 0. The molecule has 0 saturated heterocycles. The maximum absolute atomic E-state index is 8.79. The van der Waals surface area contributed by atoms with Crippen LogP contribution in [0.1, 0.15) is 5.56 Å². The summed E-state index contributed by atoms with van der Waals surface area (Å²) in [5, 5.41) is 15.9. The first-order valence-corrected chi connectivity index (χ1v) is 3.68. The number of benzene rings is 1. The van der Waals surface area contributed by atoms with Crippen LogP contribution in [-0.4, -0.2) is 10.4 Å². The Kier molecular flexibility index (Phi) is 1.77. The summed E-state index contributed by atoms with van der Waals surface area (Å²) in [4.78, 5) is 0. The van der Waals surface area contributed by atoms with Crippen LogP contribution in [0.3, 0.4) is 0 Å². The van der Waals surface area contributed by atoms with Crippen molar-refractivity contribution in [1.29, 1.82) is 5.26 Å². The molecule has 0 amide bonds. The lowest BCUT2D eigenvalue weighted by atomic mass is 10.1. The fraction of sp³-hybridized carbons (Fsp3) is 0. The van der Waals surface area contributed by atoms with Gasteiger partial charge in [0.2, 0.25) is 0 Å². The number of hydrogen-bond donors (Lipinski definition) is 0. The highest BCUT2D eigenvalue weighted by Crippen LogP contribution is 2.19. The molecule has 0 atom stereocenters. The van der Waals surface area contributed by atoms with E-state index in [0.29, 0.717) is 11.3 Å². The van der Waals surface area contributed by atoms with Crippen LogP contribution in [0.5, 0.6) is 0 Å². The third-order valence-electron chi connectivity index (χ3n) is 1.68. The molecular formula is C9H5N3O. The zero-order chi connectivity index (χ0) is 9.10. The van der Waals surface area contributed by atoms with Crippen molar-refractivity contribution >= 4 is 0 Å². The number of aromatic nitrogens is 2. The highest BCUT2D eigenvalue weighted by Gasteiger charge is 2.06. The predicted molar refractivity (Wildman–Crippen MR) is 44.4 cm³/mol. The minimum absolute atomic E-state index is 0.568. The van der Waals surface area contributed by atoms with Crippen molar-refractivity contribution in [2.24, 2.45) is 0 Å². The van der Waals surface area contributed by atoms with E-state index in [1.807, 2.05) is 6.07 Å². The van der Waals surface area contributed by atoms with E-state index >= 15 is 0 Å². The maximum Gasteiger partial charge on any atom is 0.152 e. The Balaban J connectivity index is 2.59. The standard InChI is InChI=1S/C9H5N3O/c10-5-7-3-1-2-4-8(7)9-6-13-12-11-9/h1-4,6H. The number of hydrogen-bond acceptors (Lipinski definition) is 4. The lowest BCUT2D eigenvalue weighted by Gasteiger charge is -1.95. The summed E-state index contributed by atoms with van der Waals surface area (Å²) in [6, 6.07) is 9.24. The van der Waals surface area contributed by atoms with Crippen molar-refractivity contribution < 1.29 is 4.52 Å². The van der Waals surface area contributed by atoms with Gasteiger partial charge in [-0.05, 0) is 6.07 Å². The van der Waals surface area contributed by atoms with Crippen LogP contribution in [0.15, 0.2) is 35.1 Å². The fourth-order valence-corrected chi connectivity index (χ4v) is 1.09. The van der Waals surface area contributed by atoms with Crippen molar-refractivity contribution in [2.45, 2.75) is 0 Å². The molecule has 62 valence electrons. The molecule has 0 saturated carbocycles. The minimum Gasteiger partial charge on any atom is -0.345 e. The summed E-state index contributed by atoms with van der Waals surface area (Å²) < 4.78 is 4.60. The van der Waals surface area contributed by atoms with Crippen molar-refractivity contribution in [3.05, 3.63) is 36.1 Å². The Morgan fingerprint density at radius 2 is 2.15 bits per heavy atom. The maximum atomic E-state index is 8.79. The van der Waals surface area contributed by atoms with E-state index < -0.39 is 0 Å². The van der Waals surface area contributed by atoms with E-state index in [4.69, 9.17) is 5.26 Å². The lowest BCUT2D eigenvalue weighted by molar-refractivity contribution is 0.393. The average Bonchev–Trinajstić information content (AvgIpc) is 2.70. The van der Waals surface area contributed by atoms with Gasteiger partial charge in [-0.2, -0.15) is 5.26 Å². The predicted octanol–water partition coefficient (Wildman–Crippen LogP) is 1.61. The molecular weight excluding hydrogens is 166 g/mol. The van der Waals surface area contributed by atoms with Crippen LogP contribution in [0.2, 0.25) is 0 Å². The Hall–Kier alpha value is -2.15.